The van der Waals surface area contributed by atoms with Gasteiger partial charge >= 0.3 is 0 Å². The Hall–Kier alpha value is -1.03. The van der Waals surface area contributed by atoms with Crippen molar-refractivity contribution in [2.24, 2.45) is 5.73 Å². The summed E-state index contributed by atoms with van der Waals surface area (Å²) in [4.78, 5) is 3.14. The van der Waals surface area contributed by atoms with Crippen molar-refractivity contribution in [1.82, 2.24) is 4.98 Å². The Labute approximate surface area is 92.9 Å². The van der Waals surface area contributed by atoms with Crippen LogP contribution < -0.4 is 5.73 Å². The fraction of sp³-hybridized carbons (Fsp3) is 0.273. The fourth-order valence-electron chi connectivity index (χ4n) is 1.62. The van der Waals surface area contributed by atoms with Crippen LogP contribution in [0.1, 0.15) is 18.2 Å². The van der Waals surface area contributed by atoms with Gasteiger partial charge in [-0.2, -0.15) is 0 Å². The van der Waals surface area contributed by atoms with E-state index >= 15 is 0 Å². The molecule has 0 bridgehead atoms. The number of hydrogen-bond donors (Lipinski definition) is 3. The van der Waals surface area contributed by atoms with E-state index in [9.17, 15) is 5.11 Å². The Kier molecular flexibility index (Phi) is 2.95. The normalized spacial score (nSPS) is 13.3. The number of nitrogens with two attached hydrogens (primary N) is 1. The quantitative estimate of drug-likeness (QED) is 0.749. The Morgan fingerprint density at radius 3 is 2.93 bits per heavy atom. The van der Waals surface area contributed by atoms with Gasteiger partial charge in [0.25, 0.3) is 0 Å². The van der Waals surface area contributed by atoms with Crippen LogP contribution in [0.25, 0.3) is 10.9 Å². The van der Waals surface area contributed by atoms with Gasteiger partial charge in [0.2, 0.25) is 0 Å². The summed E-state index contributed by atoms with van der Waals surface area (Å²) < 4.78 is 0. The molecule has 0 saturated heterocycles. The molecule has 1 unspecified atom stereocenters. The summed E-state index contributed by atoms with van der Waals surface area (Å²) in [6, 6.07) is 7.49. The average molecular weight is 225 g/mol. The molecule has 0 saturated carbocycles. The topological polar surface area (TPSA) is 62.0 Å². The maximum atomic E-state index is 9.75. The molecule has 1 heterocycles. The zero-order valence-corrected chi connectivity index (χ0v) is 8.96. The predicted octanol–water partition coefficient (Wildman–Crippen LogP) is 2.20. The standard InChI is InChI=1S/C11H13ClN2O/c12-8-1-2-9-7(5-8)6-10(14-9)11(15)3-4-13/h1-2,5-6,11,14-15H,3-4,13H2. The Morgan fingerprint density at radius 1 is 1.40 bits per heavy atom. The molecule has 2 aromatic rings. The molecule has 1 aromatic carbocycles. The molecular weight excluding hydrogens is 212 g/mol. The van der Waals surface area contributed by atoms with Gasteiger partial charge in [0, 0.05) is 21.6 Å². The van der Waals surface area contributed by atoms with Gasteiger partial charge in [0.05, 0.1) is 6.10 Å². The third kappa shape index (κ3) is 2.15. The maximum Gasteiger partial charge on any atom is 0.0950 e. The van der Waals surface area contributed by atoms with E-state index in [2.05, 4.69) is 4.98 Å². The van der Waals surface area contributed by atoms with Crippen LogP contribution in [-0.2, 0) is 0 Å². The Bertz CT molecular complexity index is 467. The number of benzene rings is 1. The van der Waals surface area contributed by atoms with E-state index in [1.165, 1.54) is 0 Å². The Morgan fingerprint density at radius 2 is 2.20 bits per heavy atom. The largest absolute Gasteiger partial charge is 0.387 e. The summed E-state index contributed by atoms with van der Waals surface area (Å²) in [5.74, 6) is 0. The van der Waals surface area contributed by atoms with Gasteiger partial charge in [0.1, 0.15) is 0 Å². The lowest BCUT2D eigenvalue weighted by Gasteiger charge is -2.05. The zero-order valence-electron chi connectivity index (χ0n) is 8.20. The number of H-pyrrole nitrogens is 1. The number of hydrogen-bond acceptors (Lipinski definition) is 2. The monoisotopic (exact) mass is 224 g/mol. The number of aliphatic hydroxyl groups excluding tert-OH is 1. The molecule has 15 heavy (non-hydrogen) atoms. The minimum Gasteiger partial charge on any atom is -0.387 e. The van der Waals surface area contributed by atoms with Gasteiger partial charge < -0.3 is 15.8 Å². The van der Waals surface area contributed by atoms with Crippen LogP contribution in [0, 0.1) is 0 Å². The second kappa shape index (κ2) is 4.23. The molecule has 4 heteroatoms. The number of rotatable bonds is 3. The van der Waals surface area contributed by atoms with Crippen molar-refractivity contribution in [3.05, 3.63) is 35.0 Å². The van der Waals surface area contributed by atoms with Crippen LogP contribution in [0.4, 0.5) is 0 Å². The summed E-state index contributed by atoms with van der Waals surface area (Å²) in [7, 11) is 0. The van der Waals surface area contributed by atoms with Crippen LogP contribution in [0.5, 0.6) is 0 Å². The van der Waals surface area contributed by atoms with E-state index < -0.39 is 6.10 Å². The van der Waals surface area contributed by atoms with Crippen molar-refractivity contribution in [2.75, 3.05) is 6.54 Å². The van der Waals surface area contributed by atoms with Gasteiger partial charge in [-0.15, -0.1) is 0 Å². The van der Waals surface area contributed by atoms with Gasteiger partial charge in [-0.25, -0.2) is 0 Å². The lowest BCUT2D eigenvalue weighted by atomic mass is 10.2. The zero-order chi connectivity index (χ0) is 10.8. The van der Waals surface area contributed by atoms with Gasteiger partial charge in [-0.1, -0.05) is 11.6 Å². The summed E-state index contributed by atoms with van der Waals surface area (Å²) >= 11 is 5.87. The maximum absolute atomic E-state index is 9.75. The molecule has 0 fully saturated rings. The van der Waals surface area contributed by atoms with E-state index in [0.29, 0.717) is 18.0 Å². The summed E-state index contributed by atoms with van der Waals surface area (Å²) in [6.07, 6.45) is 0.0294. The molecule has 0 aliphatic heterocycles. The lowest BCUT2D eigenvalue weighted by molar-refractivity contribution is 0.166. The highest BCUT2D eigenvalue weighted by molar-refractivity contribution is 6.31. The van der Waals surface area contributed by atoms with Crippen LogP contribution >= 0.6 is 11.6 Å². The van der Waals surface area contributed by atoms with Crippen molar-refractivity contribution in [2.45, 2.75) is 12.5 Å². The number of aromatic amines is 1. The van der Waals surface area contributed by atoms with Gasteiger partial charge in [-0.3, -0.25) is 0 Å². The van der Waals surface area contributed by atoms with Gasteiger partial charge in [0.15, 0.2) is 0 Å². The fourth-order valence-corrected chi connectivity index (χ4v) is 1.80. The summed E-state index contributed by atoms with van der Waals surface area (Å²) in [5, 5.41) is 11.5. The highest BCUT2D eigenvalue weighted by Gasteiger charge is 2.09. The highest BCUT2D eigenvalue weighted by atomic mass is 35.5. The molecule has 80 valence electrons. The number of fused-ring (bicyclic) bond motifs is 1. The van der Waals surface area contributed by atoms with Crippen molar-refractivity contribution in [3.8, 4) is 0 Å². The highest BCUT2D eigenvalue weighted by Crippen LogP contribution is 2.24. The molecule has 0 aliphatic rings. The van der Waals surface area contributed by atoms with Crippen molar-refractivity contribution in [1.29, 1.82) is 0 Å². The first kappa shape index (κ1) is 10.5. The number of aromatic nitrogens is 1. The summed E-state index contributed by atoms with van der Waals surface area (Å²) in [6.45, 7) is 0.470. The predicted molar refractivity (Wildman–Crippen MR) is 61.9 cm³/mol. The number of nitrogens with one attached hydrogen (secondary N) is 1. The molecular formula is C11H13ClN2O. The second-order valence-corrected chi connectivity index (χ2v) is 3.99. The van der Waals surface area contributed by atoms with E-state index in [4.69, 9.17) is 17.3 Å². The van der Waals surface area contributed by atoms with Crippen LogP contribution in [-0.4, -0.2) is 16.6 Å². The molecule has 0 radical (unpaired) electrons. The minimum atomic E-state index is -0.527. The first-order chi connectivity index (χ1) is 7.20. The van der Waals surface area contributed by atoms with E-state index in [1.807, 2.05) is 24.3 Å². The smallest absolute Gasteiger partial charge is 0.0950 e. The molecule has 0 spiro atoms. The summed E-state index contributed by atoms with van der Waals surface area (Å²) in [5.41, 5.74) is 7.16. The third-order valence-electron chi connectivity index (χ3n) is 2.40. The third-order valence-corrected chi connectivity index (χ3v) is 2.64. The first-order valence-electron chi connectivity index (χ1n) is 4.87. The molecule has 4 N–H and O–H groups in total. The molecule has 0 amide bonds. The SMILES string of the molecule is NCCC(O)c1cc2cc(Cl)ccc2[nH]1. The first-order valence-corrected chi connectivity index (χ1v) is 5.25. The second-order valence-electron chi connectivity index (χ2n) is 3.55. The molecule has 1 aromatic heterocycles. The molecule has 2 rings (SSSR count). The molecule has 3 nitrogen and oxygen atoms in total. The number of halogens is 1. The van der Waals surface area contributed by atoms with Gasteiger partial charge in [-0.05, 0) is 37.2 Å². The van der Waals surface area contributed by atoms with E-state index in [1.54, 1.807) is 0 Å². The van der Waals surface area contributed by atoms with Crippen LogP contribution in [0.3, 0.4) is 0 Å². The van der Waals surface area contributed by atoms with E-state index in [-0.39, 0.29) is 0 Å². The van der Waals surface area contributed by atoms with Crippen LogP contribution in [0.2, 0.25) is 5.02 Å². The Balaban J connectivity index is 2.38. The van der Waals surface area contributed by atoms with Crippen LogP contribution in [0.15, 0.2) is 24.3 Å². The van der Waals surface area contributed by atoms with Crippen molar-refractivity contribution in [3.63, 3.8) is 0 Å². The van der Waals surface area contributed by atoms with E-state index in [0.717, 1.165) is 16.6 Å². The number of aliphatic hydroxyl groups is 1. The minimum absolute atomic E-state index is 0.470. The van der Waals surface area contributed by atoms with Crippen molar-refractivity contribution >= 4 is 22.5 Å². The molecule has 0 aliphatic carbocycles. The lowest BCUT2D eigenvalue weighted by Crippen LogP contribution is -2.06. The van der Waals surface area contributed by atoms with Crippen molar-refractivity contribution < 1.29 is 5.11 Å². The average Bonchev–Trinajstić information content (AvgIpc) is 2.60. The molecule has 1 atom stereocenters.